The van der Waals surface area contributed by atoms with Gasteiger partial charge in [-0.25, -0.2) is 0 Å². The summed E-state index contributed by atoms with van der Waals surface area (Å²) in [6.07, 6.45) is 2.21. The van der Waals surface area contributed by atoms with Crippen molar-refractivity contribution >= 4 is 12.6 Å². The predicted molar refractivity (Wildman–Crippen MR) is 87.6 cm³/mol. The third-order valence-electron chi connectivity index (χ3n) is 4.25. The fourth-order valence-corrected chi connectivity index (χ4v) is 2.62. The molecule has 108 valence electrons. The molecule has 0 bridgehead atoms. The molecule has 0 heterocycles. The first kappa shape index (κ1) is 16.4. The first-order chi connectivity index (χ1) is 8.98. The van der Waals surface area contributed by atoms with E-state index in [1.807, 2.05) is 0 Å². The topological polar surface area (TPSA) is 9.23 Å². The van der Waals surface area contributed by atoms with Crippen LogP contribution in [-0.2, 0) is 0 Å². The summed E-state index contributed by atoms with van der Waals surface area (Å²) in [5.41, 5.74) is 2.75. The molecule has 0 aliphatic carbocycles. The molecule has 0 N–H and O–H groups in total. The van der Waals surface area contributed by atoms with Crippen molar-refractivity contribution in [3.63, 3.8) is 0 Å². The van der Waals surface area contributed by atoms with Crippen LogP contribution in [0.1, 0.15) is 57.6 Å². The Balaban J connectivity index is 2.84. The molecular weight excluding hydrogens is 252 g/mol. The molecule has 1 aromatic rings. The van der Waals surface area contributed by atoms with Crippen LogP contribution in [0.25, 0.3) is 0 Å². The summed E-state index contributed by atoms with van der Waals surface area (Å²) in [5.74, 6) is 2.44. The molecule has 0 fully saturated rings. The highest BCUT2D eigenvalue weighted by molar-refractivity contribution is 7.80. The molecule has 0 aromatic heterocycles. The molecule has 2 heteroatoms. The highest BCUT2D eigenvalue weighted by atomic mass is 32.1. The first-order valence-corrected chi connectivity index (χ1v) is 7.95. The molecule has 0 amide bonds. The summed E-state index contributed by atoms with van der Waals surface area (Å²) in [4.78, 5) is 0. The zero-order valence-corrected chi connectivity index (χ0v) is 13.9. The summed E-state index contributed by atoms with van der Waals surface area (Å²) in [6.45, 7) is 11.7. The van der Waals surface area contributed by atoms with E-state index in [0.717, 1.165) is 31.0 Å². The smallest absolute Gasteiger partial charge is 0.122 e. The number of hydrogen-bond acceptors (Lipinski definition) is 2. The number of benzene rings is 1. The van der Waals surface area contributed by atoms with Crippen molar-refractivity contribution in [1.29, 1.82) is 0 Å². The van der Waals surface area contributed by atoms with Crippen LogP contribution in [0.15, 0.2) is 18.2 Å². The Bertz CT molecular complexity index is 386. The molecule has 0 aliphatic heterocycles. The Hall–Kier alpha value is -0.630. The Morgan fingerprint density at radius 1 is 1.21 bits per heavy atom. The molecule has 1 nitrogen and oxygen atoms in total. The number of thiol groups is 1. The number of ether oxygens (including phenoxy) is 1. The summed E-state index contributed by atoms with van der Waals surface area (Å²) >= 11 is 4.51. The lowest BCUT2D eigenvalue weighted by atomic mass is 9.85. The van der Waals surface area contributed by atoms with Crippen LogP contribution in [0.2, 0.25) is 0 Å². The monoisotopic (exact) mass is 280 g/mol. The Labute approximate surface area is 124 Å². The second kappa shape index (κ2) is 7.23. The van der Waals surface area contributed by atoms with Crippen molar-refractivity contribution in [1.82, 2.24) is 0 Å². The SMILES string of the molecule is CCC(CC)(CS)COc1cc(C(C)C)ccc1C. The number of aryl methyl sites for hydroxylation is 1. The molecule has 1 rings (SSSR count). The van der Waals surface area contributed by atoms with Gasteiger partial charge in [0.15, 0.2) is 0 Å². The second-order valence-corrected chi connectivity index (χ2v) is 6.15. The molecule has 0 unspecified atom stereocenters. The average molecular weight is 280 g/mol. The molecule has 0 atom stereocenters. The molecule has 1 aromatic carbocycles. The van der Waals surface area contributed by atoms with Crippen LogP contribution in [0.4, 0.5) is 0 Å². The van der Waals surface area contributed by atoms with Crippen molar-refractivity contribution in [3.8, 4) is 5.75 Å². The van der Waals surface area contributed by atoms with Gasteiger partial charge >= 0.3 is 0 Å². The first-order valence-electron chi connectivity index (χ1n) is 7.32. The van der Waals surface area contributed by atoms with E-state index >= 15 is 0 Å². The quantitative estimate of drug-likeness (QED) is 0.673. The fourth-order valence-electron chi connectivity index (χ4n) is 2.09. The number of hydrogen-bond donors (Lipinski definition) is 1. The van der Waals surface area contributed by atoms with Crippen molar-refractivity contribution in [2.24, 2.45) is 5.41 Å². The van der Waals surface area contributed by atoms with E-state index < -0.39 is 0 Å². The fraction of sp³-hybridized carbons (Fsp3) is 0.647. The van der Waals surface area contributed by atoms with Gasteiger partial charge in [0, 0.05) is 5.41 Å². The van der Waals surface area contributed by atoms with Gasteiger partial charge in [-0.3, -0.25) is 0 Å². The minimum Gasteiger partial charge on any atom is -0.493 e. The lowest BCUT2D eigenvalue weighted by Gasteiger charge is -2.30. The van der Waals surface area contributed by atoms with E-state index in [2.05, 4.69) is 65.4 Å². The van der Waals surface area contributed by atoms with Crippen molar-refractivity contribution in [3.05, 3.63) is 29.3 Å². The minimum absolute atomic E-state index is 0.198. The van der Waals surface area contributed by atoms with E-state index in [-0.39, 0.29) is 5.41 Å². The van der Waals surface area contributed by atoms with Crippen LogP contribution in [0, 0.1) is 12.3 Å². The van der Waals surface area contributed by atoms with Gasteiger partial charge in [-0.05, 0) is 48.6 Å². The van der Waals surface area contributed by atoms with Crippen LogP contribution in [0.5, 0.6) is 5.75 Å². The van der Waals surface area contributed by atoms with Gasteiger partial charge in [0.1, 0.15) is 5.75 Å². The van der Waals surface area contributed by atoms with Crippen LogP contribution in [-0.4, -0.2) is 12.4 Å². The van der Waals surface area contributed by atoms with Gasteiger partial charge in [-0.15, -0.1) is 0 Å². The third-order valence-corrected chi connectivity index (χ3v) is 4.92. The van der Waals surface area contributed by atoms with E-state index in [1.54, 1.807) is 0 Å². The summed E-state index contributed by atoms with van der Waals surface area (Å²) in [6, 6.07) is 6.54. The molecule has 0 spiro atoms. The number of rotatable bonds is 7. The molecule has 0 aliphatic rings. The average Bonchev–Trinajstić information content (AvgIpc) is 2.42. The highest BCUT2D eigenvalue weighted by Crippen LogP contribution is 2.31. The van der Waals surface area contributed by atoms with Gasteiger partial charge < -0.3 is 4.74 Å². The van der Waals surface area contributed by atoms with Gasteiger partial charge in [-0.1, -0.05) is 39.8 Å². The Morgan fingerprint density at radius 3 is 2.32 bits per heavy atom. The van der Waals surface area contributed by atoms with Crippen molar-refractivity contribution in [2.45, 2.75) is 53.4 Å². The highest BCUT2D eigenvalue weighted by Gasteiger charge is 2.25. The van der Waals surface area contributed by atoms with E-state index in [0.29, 0.717) is 5.92 Å². The Morgan fingerprint density at radius 2 is 1.84 bits per heavy atom. The van der Waals surface area contributed by atoms with E-state index in [4.69, 9.17) is 4.74 Å². The zero-order valence-electron chi connectivity index (χ0n) is 13.0. The third kappa shape index (κ3) is 4.17. The molecule has 19 heavy (non-hydrogen) atoms. The standard InChI is InChI=1S/C17H28OS/c1-6-17(7-2,12-19)11-18-16-10-15(13(3)4)9-8-14(16)5/h8-10,13,19H,6-7,11-12H2,1-5H3. The maximum Gasteiger partial charge on any atom is 0.122 e. The zero-order chi connectivity index (χ0) is 14.5. The van der Waals surface area contributed by atoms with E-state index in [1.165, 1.54) is 11.1 Å². The lowest BCUT2D eigenvalue weighted by molar-refractivity contribution is 0.156. The van der Waals surface area contributed by atoms with Crippen LogP contribution < -0.4 is 4.74 Å². The largest absolute Gasteiger partial charge is 0.493 e. The van der Waals surface area contributed by atoms with Gasteiger partial charge in [-0.2, -0.15) is 12.6 Å². The predicted octanol–water partition coefficient (Wildman–Crippen LogP) is 5.23. The van der Waals surface area contributed by atoms with Gasteiger partial charge in [0.05, 0.1) is 6.61 Å². The van der Waals surface area contributed by atoms with Crippen LogP contribution >= 0.6 is 12.6 Å². The maximum absolute atomic E-state index is 6.12. The summed E-state index contributed by atoms with van der Waals surface area (Å²) < 4.78 is 6.12. The normalized spacial score (nSPS) is 11.9. The van der Waals surface area contributed by atoms with E-state index in [9.17, 15) is 0 Å². The van der Waals surface area contributed by atoms with Crippen molar-refractivity contribution < 1.29 is 4.74 Å². The lowest BCUT2D eigenvalue weighted by Crippen LogP contribution is -2.29. The molecule has 0 saturated carbocycles. The van der Waals surface area contributed by atoms with Crippen molar-refractivity contribution in [2.75, 3.05) is 12.4 Å². The minimum atomic E-state index is 0.198. The van der Waals surface area contributed by atoms with Crippen LogP contribution in [0.3, 0.4) is 0 Å². The second-order valence-electron chi connectivity index (χ2n) is 5.83. The van der Waals surface area contributed by atoms with Gasteiger partial charge in [0.2, 0.25) is 0 Å². The van der Waals surface area contributed by atoms with Gasteiger partial charge in [0.25, 0.3) is 0 Å². The summed E-state index contributed by atoms with van der Waals surface area (Å²) in [5, 5.41) is 0. The molecule has 0 radical (unpaired) electrons. The maximum atomic E-state index is 6.12. The Kier molecular flexibility index (Phi) is 6.25. The molecular formula is C17H28OS. The summed E-state index contributed by atoms with van der Waals surface area (Å²) in [7, 11) is 0. The molecule has 0 saturated heterocycles.